The lowest BCUT2D eigenvalue weighted by Crippen LogP contribution is -2.53. The molecular formula is C15H23N3O2. The molecule has 5 nitrogen and oxygen atoms in total. The fraction of sp³-hybridized carbons (Fsp3) is 0.600. The fourth-order valence-electron chi connectivity index (χ4n) is 2.74. The van der Waals surface area contributed by atoms with Gasteiger partial charge in [-0.05, 0) is 25.0 Å². The van der Waals surface area contributed by atoms with Crippen LogP contribution in [0.3, 0.4) is 0 Å². The lowest BCUT2D eigenvalue weighted by molar-refractivity contribution is 0.0696. The van der Waals surface area contributed by atoms with Crippen LogP contribution in [0.1, 0.15) is 31.1 Å². The van der Waals surface area contributed by atoms with Gasteiger partial charge in [-0.2, -0.15) is 0 Å². The van der Waals surface area contributed by atoms with E-state index in [-0.39, 0.29) is 5.56 Å². The predicted octanol–water partition coefficient (Wildman–Crippen LogP) is 1.95. The van der Waals surface area contributed by atoms with E-state index in [1.165, 1.54) is 6.20 Å². The summed E-state index contributed by atoms with van der Waals surface area (Å²) in [5, 5.41) is 8.90. The van der Waals surface area contributed by atoms with Crippen LogP contribution < -0.4 is 4.90 Å². The van der Waals surface area contributed by atoms with E-state index < -0.39 is 5.97 Å². The topological polar surface area (TPSA) is 56.7 Å². The van der Waals surface area contributed by atoms with Crippen molar-refractivity contribution in [3.8, 4) is 0 Å². The number of piperazine rings is 1. The molecule has 1 atom stereocenters. The van der Waals surface area contributed by atoms with E-state index in [4.69, 9.17) is 5.11 Å². The Morgan fingerprint density at radius 2 is 2.20 bits per heavy atom. The summed E-state index contributed by atoms with van der Waals surface area (Å²) in [5.41, 5.74) is 0.236. The number of hydrogen-bond acceptors (Lipinski definition) is 4. The molecule has 1 fully saturated rings. The van der Waals surface area contributed by atoms with Gasteiger partial charge < -0.3 is 10.0 Å². The first kappa shape index (κ1) is 14.8. The summed E-state index contributed by atoms with van der Waals surface area (Å²) in [4.78, 5) is 19.9. The quantitative estimate of drug-likeness (QED) is 0.911. The second-order valence-corrected chi connectivity index (χ2v) is 5.91. The van der Waals surface area contributed by atoms with E-state index in [1.54, 1.807) is 12.1 Å². The van der Waals surface area contributed by atoms with Crippen molar-refractivity contribution < 1.29 is 9.90 Å². The molecule has 0 saturated carbocycles. The van der Waals surface area contributed by atoms with Crippen molar-refractivity contribution in [2.45, 2.75) is 26.8 Å². The third-order valence-electron chi connectivity index (χ3n) is 3.62. The highest BCUT2D eigenvalue weighted by atomic mass is 16.4. The average Bonchev–Trinajstić information content (AvgIpc) is 2.38. The van der Waals surface area contributed by atoms with Gasteiger partial charge in [0.2, 0.25) is 0 Å². The van der Waals surface area contributed by atoms with Gasteiger partial charge in [0.15, 0.2) is 0 Å². The molecule has 110 valence electrons. The molecule has 0 aliphatic carbocycles. The normalized spacial score (nSPS) is 20.4. The van der Waals surface area contributed by atoms with E-state index in [9.17, 15) is 4.79 Å². The molecule has 0 aromatic carbocycles. The van der Waals surface area contributed by atoms with Gasteiger partial charge in [-0.3, -0.25) is 4.90 Å². The minimum Gasteiger partial charge on any atom is -0.478 e. The van der Waals surface area contributed by atoms with Crippen molar-refractivity contribution in [3.05, 3.63) is 23.9 Å². The molecule has 1 N–H and O–H groups in total. The van der Waals surface area contributed by atoms with Crippen LogP contribution in [0.2, 0.25) is 0 Å². The first-order valence-electron chi connectivity index (χ1n) is 7.15. The van der Waals surface area contributed by atoms with Crippen LogP contribution in [0.5, 0.6) is 0 Å². The molecule has 1 aromatic heterocycles. The first-order valence-corrected chi connectivity index (χ1v) is 7.15. The number of carboxylic acids is 1. The molecule has 20 heavy (non-hydrogen) atoms. The van der Waals surface area contributed by atoms with Crippen molar-refractivity contribution in [2.24, 2.45) is 5.92 Å². The number of carbonyl (C=O) groups is 1. The first-order chi connectivity index (χ1) is 9.47. The molecule has 2 rings (SSSR count). The summed E-state index contributed by atoms with van der Waals surface area (Å²) < 4.78 is 0. The summed E-state index contributed by atoms with van der Waals surface area (Å²) >= 11 is 0. The van der Waals surface area contributed by atoms with Crippen LogP contribution in [0.25, 0.3) is 0 Å². The predicted molar refractivity (Wildman–Crippen MR) is 79.3 cm³/mol. The molecule has 1 saturated heterocycles. The molecule has 0 radical (unpaired) electrons. The molecule has 0 amide bonds. The van der Waals surface area contributed by atoms with Gasteiger partial charge in [-0.15, -0.1) is 0 Å². The van der Waals surface area contributed by atoms with Gasteiger partial charge in [0.05, 0.1) is 5.56 Å². The maximum Gasteiger partial charge on any atom is 0.337 e. The lowest BCUT2D eigenvalue weighted by Gasteiger charge is -2.41. The molecule has 2 heterocycles. The van der Waals surface area contributed by atoms with Crippen molar-refractivity contribution in [2.75, 3.05) is 31.1 Å². The van der Waals surface area contributed by atoms with Crippen molar-refractivity contribution in [3.63, 3.8) is 0 Å². The molecule has 1 aliphatic heterocycles. The Balaban J connectivity index is 2.01. The third-order valence-corrected chi connectivity index (χ3v) is 3.62. The maximum absolute atomic E-state index is 10.8. The van der Waals surface area contributed by atoms with Crippen LogP contribution in [-0.2, 0) is 0 Å². The van der Waals surface area contributed by atoms with Crippen LogP contribution in [0.4, 0.5) is 5.82 Å². The lowest BCUT2D eigenvalue weighted by atomic mass is 10.1. The van der Waals surface area contributed by atoms with Crippen molar-refractivity contribution in [1.29, 1.82) is 0 Å². The van der Waals surface area contributed by atoms with Crippen LogP contribution >= 0.6 is 0 Å². The standard InChI is InChI=1S/C15H23N3O2/c1-11(2)9-17-6-7-18(12(3)10-17)14-5-4-13(8-16-14)15(19)20/h4-5,8,11-12H,6-7,9-10H2,1-3H3,(H,19,20)/t12-/m1/s1. The SMILES string of the molecule is CC(C)CN1CCN(c2ccc(C(=O)O)cn2)[C@H](C)C1. The van der Waals surface area contributed by atoms with Gasteiger partial charge in [0, 0.05) is 38.4 Å². The zero-order chi connectivity index (χ0) is 14.7. The number of aromatic carboxylic acids is 1. The second kappa shape index (κ2) is 6.22. The Hall–Kier alpha value is -1.62. The zero-order valence-corrected chi connectivity index (χ0v) is 12.4. The summed E-state index contributed by atoms with van der Waals surface area (Å²) in [7, 11) is 0. The highest BCUT2D eigenvalue weighted by molar-refractivity contribution is 5.87. The monoisotopic (exact) mass is 277 g/mol. The molecular weight excluding hydrogens is 254 g/mol. The Labute approximate surface area is 120 Å². The number of hydrogen-bond donors (Lipinski definition) is 1. The van der Waals surface area contributed by atoms with Crippen LogP contribution in [0, 0.1) is 5.92 Å². The van der Waals surface area contributed by atoms with Gasteiger partial charge >= 0.3 is 5.97 Å². The Morgan fingerprint density at radius 3 is 2.70 bits per heavy atom. The molecule has 0 bridgehead atoms. The number of rotatable bonds is 4. The number of anilines is 1. The van der Waals surface area contributed by atoms with Crippen molar-refractivity contribution in [1.82, 2.24) is 9.88 Å². The number of nitrogens with zero attached hydrogens (tertiary/aromatic N) is 3. The number of pyridine rings is 1. The third kappa shape index (κ3) is 3.48. The van der Waals surface area contributed by atoms with E-state index in [2.05, 4.69) is 35.6 Å². The summed E-state index contributed by atoms with van der Waals surface area (Å²) in [6.45, 7) is 10.8. The largest absolute Gasteiger partial charge is 0.478 e. The summed E-state index contributed by atoms with van der Waals surface area (Å²) in [5.74, 6) is 0.618. The highest BCUT2D eigenvalue weighted by Crippen LogP contribution is 2.19. The summed E-state index contributed by atoms with van der Waals surface area (Å²) in [6, 6.07) is 3.82. The maximum atomic E-state index is 10.8. The van der Waals surface area contributed by atoms with Crippen LogP contribution in [-0.4, -0.2) is 53.2 Å². The van der Waals surface area contributed by atoms with Crippen molar-refractivity contribution >= 4 is 11.8 Å². The Bertz CT molecular complexity index is 459. The Morgan fingerprint density at radius 1 is 1.45 bits per heavy atom. The van der Waals surface area contributed by atoms with Gasteiger partial charge in [0.25, 0.3) is 0 Å². The van der Waals surface area contributed by atoms with Gasteiger partial charge in [0.1, 0.15) is 5.82 Å². The Kier molecular flexibility index (Phi) is 4.60. The fourth-order valence-corrected chi connectivity index (χ4v) is 2.74. The van der Waals surface area contributed by atoms with Gasteiger partial charge in [-0.25, -0.2) is 9.78 Å². The number of aromatic nitrogens is 1. The van der Waals surface area contributed by atoms with E-state index in [0.717, 1.165) is 32.0 Å². The van der Waals surface area contributed by atoms with E-state index >= 15 is 0 Å². The molecule has 1 aliphatic rings. The summed E-state index contributed by atoms with van der Waals surface area (Å²) in [6.07, 6.45) is 1.44. The number of carboxylic acid groups (broad SMARTS) is 1. The van der Waals surface area contributed by atoms with E-state index in [0.29, 0.717) is 12.0 Å². The highest BCUT2D eigenvalue weighted by Gasteiger charge is 2.24. The molecule has 0 spiro atoms. The molecule has 1 aromatic rings. The van der Waals surface area contributed by atoms with E-state index in [1.807, 2.05) is 0 Å². The minimum atomic E-state index is -0.932. The van der Waals surface area contributed by atoms with Gasteiger partial charge in [-0.1, -0.05) is 13.8 Å². The smallest absolute Gasteiger partial charge is 0.337 e. The average molecular weight is 277 g/mol. The molecule has 0 unspecified atom stereocenters. The van der Waals surface area contributed by atoms with Crippen LogP contribution in [0.15, 0.2) is 18.3 Å². The zero-order valence-electron chi connectivity index (χ0n) is 12.4. The molecule has 5 heteroatoms. The minimum absolute atomic E-state index is 0.236. The second-order valence-electron chi connectivity index (χ2n) is 5.91.